The van der Waals surface area contributed by atoms with Crippen LogP contribution in [0.1, 0.15) is 30.8 Å². The molecule has 1 unspecified atom stereocenters. The minimum absolute atomic E-state index is 0.354. The minimum atomic E-state index is -0.509. The summed E-state index contributed by atoms with van der Waals surface area (Å²) in [6.07, 6.45) is -0.509. The van der Waals surface area contributed by atoms with Crippen LogP contribution >= 0.6 is 11.6 Å². The highest BCUT2D eigenvalue weighted by Gasteiger charge is 2.13. The number of aliphatic hydroxyl groups is 1. The highest BCUT2D eigenvalue weighted by molar-refractivity contribution is 6.30. The van der Waals surface area contributed by atoms with E-state index >= 15 is 0 Å². The maximum atomic E-state index is 9.97. The van der Waals surface area contributed by atoms with Crippen molar-refractivity contribution in [3.8, 4) is 5.69 Å². The monoisotopic (exact) mass is 365 g/mol. The van der Waals surface area contributed by atoms with Gasteiger partial charge in [-0.3, -0.25) is 0 Å². The summed E-state index contributed by atoms with van der Waals surface area (Å²) in [6, 6.07) is 7.63. The fourth-order valence-corrected chi connectivity index (χ4v) is 2.75. The molecule has 25 heavy (non-hydrogen) atoms. The van der Waals surface area contributed by atoms with Crippen molar-refractivity contribution in [1.29, 1.82) is 0 Å². The van der Waals surface area contributed by atoms with Crippen molar-refractivity contribution in [2.75, 3.05) is 19.8 Å². The van der Waals surface area contributed by atoms with Crippen molar-refractivity contribution in [1.82, 2.24) is 15.1 Å². The van der Waals surface area contributed by atoms with Gasteiger partial charge in [0.1, 0.15) is 0 Å². The SMILES string of the molecule is Cc1nn(-c2ccc(Cl)cc2)c(C)c1CNCC(O)COCC(C)C. The van der Waals surface area contributed by atoms with Crippen molar-refractivity contribution < 1.29 is 9.84 Å². The summed E-state index contributed by atoms with van der Waals surface area (Å²) in [5.41, 5.74) is 4.19. The van der Waals surface area contributed by atoms with Gasteiger partial charge in [-0.2, -0.15) is 5.10 Å². The van der Waals surface area contributed by atoms with E-state index in [4.69, 9.17) is 16.3 Å². The van der Waals surface area contributed by atoms with E-state index < -0.39 is 6.10 Å². The molecule has 0 fully saturated rings. The Hall–Kier alpha value is -1.40. The highest BCUT2D eigenvalue weighted by atomic mass is 35.5. The average Bonchev–Trinajstić information content (AvgIpc) is 2.83. The Bertz CT molecular complexity index is 668. The molecule has 138 valence electrons. The van der Waals surface area contributed by atoms with Crippen molar-refractivity contribution >= 4 is 11.6 Å². The summed E-state index contributed by atoms with van der Waals surface area (Å²) in [5, 5.41) is 18.6. The van der Waals surface area contributed by atoms with Crippen molar-refractivity contribution in [2.45, 2.75) is 40.3 Å². The zero-order valence-corrected chi connectivity index (χ0v) is 16.2. The third-order valence-electron chi connectivity index (χ3n) is 3.96. The maximum absolute atomic E-state index is 9.97. The molecule has 0 amide bonds. The van der Waals surface area contributed by atoms with Crippen LogP contribution in [0.4, 0.5) is 0 Å². The van der Waals surface area contributed by atoms with Crippen LogP contribution < -0.4 is 5.32 Å². The molecule has 6 heteroatoms. The molecule has 0 bridgehead atoms. The molecule has 2 N–H and O–H groups in total. The summed E-state index contributed by atoms with van der Waals surface area (Å²) in [4.78, 5) is 0. The summed E-state index contributed by atoms with van der Waals surface area (Å²) in [6.45, 7) is 10.4. The quantitative estimate of drug-likeness (QED) is 0.716. The van der Waals surface area contributed by atoms with Crippen LogP contribution in [0.25, 0.3) is 5.69 Å². The Morgan fingerprint density at radius 1 is 1.20 bits per heavy atom. The van der Waals surface area contributed by atoms with Gasteiger partial charge in [0.2, 0.25) is 0 Å². The molecular formula is C19H28ClN3O2. The van der Waals surface area contributed by atoms with Crippen LogP contribution in [0.3, 0.4) is 0 Å². The van der Waals surface area contributed by atoms with Crippen LogP contribution in [0.2, 0.25) is 5.02 Å². The number of nitrogens with one attached hydrogen (secondary N) is 1. The lowest BCUT2D eigenvalue weighted by Gasteiger charge is -2.13. The molecule has 0 spiro atoms. The topological polar surface area (TPSA) is 59.3 Å². The fraction of sp³-hybridized carbons (Fsp3) is 0.526. The molecule has 0 aliphatic carbocycles. The van der Waals surface area contributed by atoms with Gasteiger partial charge in [0.25, 0.3) is 0 Å². The van der Waals surface area contributed by atoms with E-state index in [1.165, 1.54) is 0 Å². The number of hydrogen-bond acceptors (Lipinski definition) is 4. The summed E-state index contributed by atoms with van der Waals surface area (Å²) in [7, 11) is 0. The van der Waals surface area contributed by atoms with Crippen molar-refractivity contribution in [3.05, 3.63) is 46.2 Å². The van der Waals surface area contributed by atoms with E-state index in [0.717, 1.165) is 22.6 Å². The van der Waals surface area contributed by atoms with Gasteiger partial charge in [-0.25, -0.2) is 4.68 Å². The second kappa shape index (κ2) is 9.34. The number of aromatic nitrogens is 2. The number of benzene rings is 1. The standard InChI is InChI=1S/C19H28ClN3O2/c1-13(2)11-25-12-18(24)9-21-10-19-14(3)22-23(15(19)4)17-7-5-16(20)6-8-17/h5-8,13,18,21,24H,9-12H2,1-4H3. The van der Waals surface area contributed by atoms with Crippen LogP contribution in [-0.4, -0.2) is 40.7 Å². The summed E-state index contributed by atoms with van der Waals surface area (Å²) >= 11 is 5.95. The van der Waals surface area contributed by atoms with Crippen LogP contribution in [0.15, 0.2) is 24.3 Å². The van der Waals surface area contributed by atoms with Crippen LogP contribution in [0.5, 0.6) is 0 Å². The van der Waals surface area contributed by atoms with Crippen molar-refractivity contribution in [3.63, 3.8) is 0 Å². The van der Waals surface area contributed by atoms with Gasteiger partial charge in [0.05, 0.1) is 24.1 Å². The molecule has 5 nitrogen and oxygen atoms in total. The lowest BCUT2D eigenvalue weighted by atomic mass is 10.2. The normalized spacial score (nSPS) is 12.8. The molecule has 1 aromatic carbocycles. The molecule has 1 atom stereocenters. The molecule has 0 radical (unpaired) electrons. The molecule has 2 rings (SSSR count). The number of hydrogen-bond donors (Lipinski definition) is 2. The number of ether oxygens (including phenoxy) is 1. The molecule has 0 aliphatic heterocycles. The summed E-state index contributed by atoms with van der Waals surface area (Å²) < 4.78 is 7.38. The van der Waals surface area contributed by atoms with E-state index in [1.54, 1.807) is 0 Å². The van der Waals surface area contributed by atoms with Gasteiger partial charge in [-0.15, -0.1) is 0 Å². The zero-order valence-electron chi connectivity index (χ0n) is 15.4. The van der Waals surface area contributed by atoms with E-state index in [0.29, 0.717) is 37.2 Å². The van der Waals surface area contributed by atoms with Gasteiger partial charge in [-0.1, -0.05) is 25.4 Å². The van der Waals surface area contributed by atoms with Gasteiger partial charge in [0, 0.05) is 36.0 Å². The Morgan fingerprint density at radius 2 is 1.88 bits per heavy atom. The molecule has 1 heterocycles. The van der Waals surface area contributed by atoms with E-state index in [9.17, 15) is 5.11 Å². The van der Waals surface area contributed by atoms with Gasteiger partial charge in [-0.05, 0) is 44.0 Å². The Kier molecular flexibility index (Phi) is 7.44. The van der Waals surface area contributed by atoms with E-state index in [1.807, 2.05) is 42.8 Å². The summed E-state index contributed by atoms with van der Waals surface area (Å²) in [5.74, 6) is 0.476. The highest BCUT2D eigenvalue weighted by Crippen LogP contribution is 2.19. The van der Waals surface area contributed by atoms with Gasteiger partial charge >= 0.3 is 0 Å². The first kappa shape index (κ1) is 19.9. The average molecular weight is 366 g/mol. The zero-order chi connectivity index (χ0) is 18.4. The number of aliphatic hydroxyl groups excluding tert-OH is 1. The number of halogens is 1. The minimum Gasteiger partial charge on any atom is -0.389 e. The number of nitrogens with zero attached hydrogens (tertiary/aromatic N) is 2. The molecular weight excluding hydrogens is 338 g/mol. The molecule has 1 aromatic heterocycles. The predicted molar refractivity (Wildman–Crippen MR) is 101 cm³/mol. The number of aryl methyl sites for hydroxylation is 1. The first-order valence-electron chi connectivity index (χ1n) is 8.66. The largest absolute Gasteiger partial charge is 0.389 e. The molecule has 2 aromatic rings. The fourth-order valence-electron chi connectivity index (χ4n) is 2.63. The first-order chi connectivity index (χ1) is 11.9. The lowest BCUT2D eigenvalue weighted by molar-refractivity contribution is 0.0260. The Balaban J connectivity index is 1.91. The molecule has 0 saturated carbocycles. The number of rotatable bonds is 9. The van der Waals surface area contributed by atoms with Gasteiger partial charge in [0.15, 0.2) is 0 Å². The first-order valence-corrected chi connectivity index (χ1v) is 9.03. The Labute approximate surface area is 155 Å². The third kappa shape index (κ3) is 5.82. The predicted octanol–water partition coefficient (Wildman–Crippen LogP) is 3.27. The van der Waals surface area contributed by atoms with E-state index in [2.05, 4.69) is 24.3 Å². The van der Waals surface area contributed by atoms with Crippen LogP contribution in [0, 0.1) is 19.8 Å². The molecule has 0 aliphatic rings. The van der Waals surface area contributed by atoms with E-state index in [-0.39, 0.29) is 0 Å². The second-order valence-electron chi connectivity index (χ2n) is 6.75. The third-order valence-corrected chi connectivity index (χ3v) is 4.21. The van der Waals surface area contributed by atoms with Crippen LogP contribution in [-0.2, 0) is 11.3 Å². The molecule has 0 saturated heterocycles. The smallest absolute Gasteiger partial charge is 0.0897 e. The lowest BCUT2D eigenvalue weighted by Crippen LogP contribution is -2.30. The second-order valence-corrected chi connectivity index (χ2v) is 7.19. The Morgan fingerprint density at radius 3 is 2.52 bits per heavy atom. The maximum Gasteiger partial charge on any atom is 0.0897 e. The van der Waals surface area contributed by atoms with Gasteiger partial charge < -0.3 is 15.2 Å². The van der Waals surface area contributed by atoms with Crippen molar-refractivity contribution in [2.24, 2.45) is 5.92 Å².